The van der Waals surface area contributed by atoms with Gasteiger partial charge in [-0.2, -0.15) is 0 Å². The summed E-state index contributed by atoms with van der Waals surface area (Å²) in [6, 6.07) is 28.8. The molecule has 0 aliphatic carbocycles. The van der Waals surface area contributed by atoms with E-state index in [1.165, 1.54) is 4.31 Å². The molecule has 1 aromatic heterocycles. The van der Waals surface area contributed by atoms with Crippen LogP contribution in [0.5, 0.6) is 0 Å². The molecule has 0 saturated carbocycles. The van der Waals surface area contributed by atoms with Gasteiger partial charge in [-0.3, -0.25) is 9.21 Å². The number of hydrogen-bond acceptors (Lipinski definition) is 5. The van der Waals surface area contributed by atoms with Gasteiger partial charge in [-0.25, -0.2) is 13.4 Å². The number of aromatic nitrogens is 1. The molecule has 0 fully saturated rings. The normalized spacial score (nSPS) is 12.9. The molecule has 3 aromatic carbocycles. The van der Waals surface area contributed by atoms with Gasteiger partial charge < -0.3 is 4.43 Å². The Labute approximate surface area is 278 Å². The minimum atomic E-state index is -4.04. The Hall–Kier alpha value is -2.53. The summed E-state index contributed by atoms with van der Waals surface area (Å²) in [6.45, 7) is 12.3. The minimum Gasteiger partial charge on any atom is -0.415 e. The number of benzene rings is 3. The zero-order valence-electron chi connectivity index (χ0n) is 25.9. The van der Waals surface area contributed by atoms with Crippen molar-refractivity contribution in [3.8, 4) is 0 Å². The lowest BCUT2D eigenvalue weighted by atomic mass is 10.1. The van der Waals surface area contributed by atoms with Gasteiger partial charge in [-0.1, -0.05) is 105 Å². The number of nitrogens with zero attached hydrogens (tertiary/aromatic N) is 3. The summed E-state index contributed by atoms with van der Waals surface area (Å²) in [4.78, 5) is 6.79. The quantitative estimate of drug-likeness (QED) is 0.103. The molecule has 0 bridgehead atoms. The second kappa shape index (κ2) is 15.2. The van der Waals surface area contributed by atoms with E-state index in [4.69, 9.17) is 16.0 Å². The standard InChI is InChI=1S/C34H40BrClN3O3SSi/c1-26-13-12-18-31(19-26)43(40,41)39(32-20-29(35)21-37-33(32)36)24-30(25-42-44(5)34(2,3)4)38(22-27-14-8-6-9-15-27)23-28-16-10-7-11-17-28/h6-21,30H,22-25H2,1-5H3. The van der Waals surface area contributed by atoms with Gasteiger partial charge in [-0.15, -0.1) is 0 Å². The predicted molar refractivity (Wildman–Crippen MR) is 186 cm³/mol. The Balaban J connectivity index is 1.84. The maximum Gasteiger partial charge on any atom is 0.264 e. The van der Waals surface area contributed by atoms with Crippen LogP contribution in [-0.2, 0) is 27.5 Å². The molecule has 1 unspecified atom stereocenters. The number of rotatable bonds is 13. The molecule has 6 nitrogen and oxygen atoms in total. The molecule has 0 N–H and O–H groups in total. The van der Waals surface area contributed by atoms with Crippen molar-refractivity contribution in [3.63, 3.8) is 0 Å². The summed E-state index contributed by atoms with van der Waals surface area (Å²) in [7, 11) is -5.27. The second-order valence-corrected chi connectivity index (χ2v) is 18.0. The van der Waals surface area contributed by atoms with Crippen LogP contribution < -0.4 is 4.31 Å². The molecule has 1 atom stereocenters. The van der Waals surface area contributed by atoms with E-state index >= 15 is 0 Å². The molecule has 0 amide bonds. The maximum atomic E-state index is 14.5. The third-order valence-corrected chi connectivity index (χ3v) is 12.7. The maximum absolute atomic E-state index is 14.5. The second-order valence-electron chi connectivity index (χ2n) is 12.0. The van der Waals surface area contributed by atoms with E-state index in [-0.39, 0.29) is 27.7 Å². The molecular weight excluding hydrogens is 674 g/mol. The molecule has 233 valence electrons. The fourth-order valence-electron chi connectivity index (χ4n) is 4.67. The summed E-state index contributed by atoms with van der Waals surface area (Å²) in [5.41, 5.74) is 3.41. The molecule has 44 heavy (non-hydrogen) atoms. The molecule has 4 rings (SSSR count). The summed E-state index contributed by atoms with van der Waals surface area (Å²) in [6.07, 6.45) is 1.57. The lowest BCUT2D eigenvalue weighted by Gasteiger charge is -2.37. The van der Waals surface area contributed by atoms with E-state index in [1.807, 2.05) is 49.4 Å². The van der Waals surface area contributed by atoms with Crippen LogP contribution in [0, 0.1) is 6.92 Å². The van der Waals surface area contributed by atoms with Crippen LogP contribution in [0.1, 0.15) is 37.5 Å². The number of aryl methyl sites for hydroxylation is 1. The van der Waals surface area contributed by atoms with Gasteiger partial charge in [0.25, 0.3) is 10.0 Å². The number of hydrogen-bond donors (Lipinski definition) is 0. The van der Waals surface area contributed by atoms with E-state index in [2.05, 4.69) is 77.4 Å². The van der Waals surface area contributed by atoms with Gasteiger partial charge in [0.1, 0.15) is 0 Å². The first-order valence-electron chi connectivity index (χ1n) is 14.5. The Bertz CT molecular complexity index is 1580. The summed E-state index contributed by atoms with van der Waals surface area (Å²) < 4.78 is 37.6. The molecular formula is C34H40BrClN3O3SSi. The van der Waals surface area contributed by atoms with Crippen molar-refractivity contribution in [1.29, 1.82) is 0 Å². The molecule has 10 heteroatoms. The predicted octanol–water partition coefficient (Wildman–Crippen LogP) is 8.51. The molecule has 0 aliphatic rings. The zero-order valence-corrected chi connectivity index (χ0v) is 30.0. The highest BCUT2D eigenvalue weighted by atomic mass is 79.9. The SMILES string of the molecule is Cc1cccc(S(=O)(=O)N(CC(CO[Si](C)C(C)(C)C)N(Cc2ccccc2)Cc2ccccc2)c2cc(Br)cnc2Cl)c1. The fraction of sp³-hybridized carbons (Fsp3) is 0.324. The highest BCUT2D eigenvalue weighted by Gasteiger charge is 2.34. The van der Waals surface area contributed by atoms with E-state index in [9.17, 15) is 8.42 Å². The molecule has 1 heterocycles. The number of anilines is 1. The van der Waals surface area contributed by atoms with Crippen LogP contribution in [0.2, 0.25) is 16.7 Å². The van der Waals surface area contributed by atoms with E-state index < -0.39 is 19.1 Å². The molecule has 0 aliphatic heterocycles. The average molecular weight is 714 g/mol. The van der Waals surface area contributed by atoms with Crippen molar-refractivity contribution < 1.29 is 12.8 Å². The van der Waals surface area contributed by atoms with Crippen molar-refractivity contribution in [2.45, 2.75) is 63.3 Å². The molecule has 1 radical (unpaired) electrons. The van der Waals surface area contributed by atoms with Crippen molar-refractivity contribution >= 4 is 52.3 Å². The van der Waals surface area contributed by atoms with Crippen LogP contribution in [-0.4, -0.2) is 46.5 Å². The van der Waals surface area contributed by atoms with Gasteiger partial charge >= 0.3 is 0 Å². The van der Waals surface area contributed by atoms with Crippen LogP contribution in [0.25, 0.3) is 0 Å². The molecule has 0 saturated heterocycles. The Morgan fingerprint density at radius 3 is 2.07 bits per heavy atom. The van der Waals surface area contributed by atoms with Gasteiger partial charge in [0.05, 0.1) is 29.8 Å². The highest BCUT2D eigenvalue weighted by Crippen LogP contribution is 2.33. The monoisotopic (exact) mass is 712 g/mol. The summed E-state index contributed by atoms with van der Waals surface area (Å²) in [5.74, 6) is 0. The van der Waals surface area contributed by atoms with E-state index in [1.54, 1.807) is 30.5 Å². The van der Waals surface area contributed by atoms with Crippen molar-refractivity contribution in [2.24, 2.45) is 0 Å². The number of halogens is 2. The third kappa shape index (κ3) is 9.25. The number of pyridine rings is 1. The van der Waals surface area contributed by atoms with Gasteiger partial charge in [0.2, 0.25) is 9.04 Å². The first kappa shape index (κ1) is 34.3. The lowest BCUT2D eigenvalue weighted by molar-refractivity contribution is 0.123. The highest BCUT2D eigenvalue weighted by molar-refractivity contribution is 9.10. The van der Waals surface area contributed by atoms with E-state index in [0.717, 1.165) is 16.7 Å². The van der Waals surface area contributed by atoms with Crippen molar-refractivity contribution in [2.75, 3.05) is 17.5 Å². The third-order valence-electron chi connectivity index (χ3n) is 7.53. The minimum absolute atomic E-state index is 0.00373. The molecule has 4 aromatic rings. The van der Waals surface area contributed by atoms with Gasteiger partial charge in [0.15, 0.2) is 5.15 Å². The first-order valence-corrected chi connectivity index (χ1v) is 19.1. The van der Waals surface area contributed by atoms with Crippen molar-refractivity contribution in [3.05, 3.63) is 124 Å². The zero-order chi connectivity index (χ0) is 31.9. The summed E-state index contributed by atoms with van der Waals surface area (Å²) >= 11 is 10.1. The lowest BCUT2D eigenvalue weighted by Crippen LogP contribution is -2.49. The van der Waals surface area contributed by atoms with Crippen LogP contribution in [0.3, 0.4) is 0 Å². The molecule has 0 spiro atoms. The summed E-state index contributed by atoms with van der Waals surface area (Å²) in [5, 5.41) is 0.112. The van der Waals surface area contributed by atoms with Crippen LogP contribution in [0.4, 0.5) is 5.69 Å². The van der Waals surface area contributed by atoms with Crippen LogP contribution in [0.15, 0.2) is 107 Å². The smallest absolute Gasteiger partial charge is 0.264 e. The average Bonchev–Trinajstić information content (AvgIpc) is 2.98. The fourth-order valence-corrected chi connectivity index (χ4v) is 7.72. The Morgan fingerprint density at radius 2 is 1.52 bits per heavy atom. The Kier molecular flexibility index (Phi) is 11.8. The first-order chi connectivity index (χ1) is 20.8. The van der Waals surface area contributed by atoms with Crippen LogP contribution >= 0.6 is 27.5 Å². The van der Waals surface area contributed by atoms with Crippen molar-refractivity contribution in [1.82, 2.24) is 9.88 Å². The number of sulfonamides is 1. The van der Waals surface area contributed by atoms with Gasteiger partial charge in [0, 0.05) is 23.8 Å². The van der Waals surface area contributed by atoms with E-state index in [0.29, 0.717) is 29.9 Å². The Morgan fingerprint density at radius 1 is 0.932 bits per heavy atom. The topological polar surface area (TPSA) is 62.7 Å². The largest absolute Gasteiger partial charge is 0.415 e. The van der Waals surface area contributed by atoms with Gasteiger partial charge in [-0.05, 0) is 69.3 Å².